The van der Waals surface area contributed by atoms with Gasteiger partial charge >= 0.3 is 0 Å². The molecule has 0 aliphatic carbocycles. The first-order valence-electron chi connectivity index (χ1n) is 7.93. The predicted octanol–water partition coefficient (Wildman–Crippen LogP) is 0.696. The van der Waals surface area contributed by atoms with Gasteiger partial charge in [-0.2, -0.15) is 5.10 Å². The third kappa shape index (κ3) is 2.68. The monoisotopic (exact) mass is 326 g/mol. The fourth-order valence-corrected chi connectivity index (χ4v) is 2.87. The van der Waals surface area contributed by atoms with Gasteiger partial charge in [-0.05, 0) is 12.8 Å². The molecule has 4 heterocycles. The molecule has 0 atom stereocenters. The highest BCUT2D eigenvalue weighted by atomic mass is 16.1. The molecule has 0 amide bonds. The molecular weight excluding hydrogens is 308 g/mol. The first kappa shape index (κ1) is 14.6. The second-order valence-electron chi connectivity index (χ2n) is 5.88. The van der Waals surface area contributed by atoms with E-state index in [9.17, 15) is 4.79 Å². The zero-order valence-corrected chi connectivity index (χ0v) is 13.4. The summed E-state index contributed by atoms with van der Waals surface area (Å²) in [5, 5.41) is 15.9. The van der Waals surface area contributed by atoms with Crippen LogP contribution in [0.4, 0.5) is 11.5 Å². The van der Waals surface area contributed by atoms with Crippen molar-refractivity contribution in [2.45, 2.75) is 32.4 Å². The van der Waals surface area contributed by atoms with Gasteiger partial charge in [0.15, 0.2) is 11.6 Å². The maximum absolute atomic E-state index is 12.0. The molecule has 0 spiro atoms. The zero-order valence-electron chi connectivity index (χ0n) is 13.4. The first-order valence-corrected chi connectivity index (χ1v) is 7.93. The highest BCUT2D eigenvalue weighted by Crippen LogP contribution is 2.16. The van der Waals surface area contributed by atoms with E-state index in [1.807, 2.05) is 6.20 Å². The number of aryl methyl sites for hydroxylation is 2. The van der Waals surface area contributed by atoms with Gasteiger partial charge < -0.3 is 14.5 Å². The summed E-state index contributed by atoms with van der Waals surface area (Å²) in [6, 6.07) is 0. The van der Waals surface area contributed by atoms with Crippen LogP contribution in [0.15, 0.2) is 29.6 Å². The van der Waals surface area contributed by atoms with Crippen LogP contribution in [0.2, 0.25) is 0 Å². The third-order valence-electron chi connectivity index (χ3n) is 4.15. The fourth-order valence-electron chi connectivity index (χ4n) is 2.87. The SMILES string of the molecule is Cn1ccnc(Nc2cnn(Cc3nnc4n3CCCC4)c2)c1=O. The lowest BCUT2D eigenvalue weighted by Gasteiger charge is -2.14. The Morgan fingerprint density at radius 3 is 3.12 bits per heavy atom. The molecule has 4 rings (SSSR count). The van der Waals surface area contributed by atoms with Crippen LogP contribution in [0.25, 0.3) is 0 Å². The number of nitrogens with zero attached hydrogens (tertiary/aromatic N) is 7. The summed E-state index contributed by atoms with van der Waals surface area (Å²) in [6.07, 6.45) is 10.0. The van der Waals surface area contributed by atoms with Crippen LogP contribution in [-0.4, -0.2) is 34.1 Å². The fraction of sp³-hybridized carbons (Fsp3) is 0.400. The number of hydrogen-bond donors (Lipinski definition) is 1. The number of fused-ring (bicyclic) bond motifs is 1. The van der Waals surface area contributed by atoms with Crippen molar-refractivity contribution < 1.29 is 0 Å². The smallest absolute Gasteiger partial charge is 0.293 e. The van der Waals surface area contributed by atoms with Gasteiger partial charge in [0.05, 0.1) is 11.9 Å². The summed E-state index contributed by atoms with van der Waals surface area (Å²) < 4.78 is 5.43. The minimum absolute atomic E-state index is 0.184. The Morgan fingerprint density at radius 1 is 1.29 bits per heavy atom. The number of rotatable bonds is 4. The van der Waals surface area contributed by atoms with Crippen LogP contribution in [0.5, 0.6) is 0 Å². The van der Waals surface area contributed by atoms with E-state index < -0.39 is 0 Å². The van der Waals surface area contributed by atoms with E-state index in [2.05, 4.69) is 30.2 Å². The molecule has 1 aliphatic heterocycles. The predicted molar refractivity (Wildman–Crippen MR) is 87.0 cm³/mol. The topological polar surface area (TPSA) is 95.4 Å². The van der Waals surface area contributed by atoms with E-state index in [0.29, 0.717) is 12.2 Å². The van der Waals surface area contributed by atoms with E-state index >= 15 is 0 Å². The van der Waals surface area contributed by atoms with Gasteiger partial charge in [0, 0.05) is 38.6 Å². The molecule has 0 fully saturated rings. The Morgan fingerprint density at radius 2 is 2.21 bits per heavy atom. The molecule has 0 saturated heterocycles. The van der Waals surface area contributed by atoms with E-state index in [4.69, 9.17) is 0 Å². The standard InChI is InChI=1S/C15H18N8O/c1-21-7-5-16-14(15(21)24)18-11-8-17-22(9-11)10-13-20-19-12-4-2-3-6-23(12)13/h5,7-9H,2-4,6,10H2,1H3,(H,16,18). The molecule has 24 heavy (non-hydrogen) atoms. The molecule has 9 heteroatoms. The molecule has 0 bridgehead atoms. The highest BCUT2D eigenvalue weighted by Gasteiger charge is 2.16. The van der Waals surface area contributed by atoms with Crippen LogP contribution >= 0.6 is 0 Å². The van der Waals surface area contributed by atoms with Crippen molar-refractivity contribution in [1.29, 1.82) is 0 Å². The van der Waals surface area contributed by atoms with E-state index in [1.54, 1.807) is 30.3 Å². The maximum atomic E-state index is 12.0. The molecule has 3 aromatic rings. The number of nitrogens with one attached hydrogen (secondary N) is 1. The molecule has 0 unspecified atom stereocenters. The summed E-state index contributed by atoms with van der Waals surface area (Å²) in [4.78, 5) is 16.1. The zero-order chi connectivity index (χ0) is 16.5. The largest absolute Gasteiger partial charge is 0.333 e. The van der Waals surface area contributed by atoms with Crippen molar-refractivity contribution >= 4 is 11.5 Å². The molecule has 1 N–H and O–H groups in total. The average Bonchev–Trinajstić information content (AvgIpc) is 3.20. The van der Waals surface area contributed by atoms with Gasteiger partial charge in [-0.3, -0.25) is 9.48 Å². The van der Waals surface area contributed by atoms with Crippen molar-refractivity contribution in [2.24, 2.45) is 7.05 Å². The lowest BCUT2D eigenvalue weighted by atomic mass is 10.2. The van der Waals surface area contributed by atoms with Crippen molar-refractivity contribution in [3.8, 4) is 0 Å². The minimum atomic E-state index is -0.184. The third-order valence-corrected chi connectivity index (χ3v) is 4.15. The van der Waals surface area contributed by atoms with Crippen LogP contribution in [0.3, 0.4) is 0 Å². The summed E-state index contributed by atoms with van der Waals surface area (Å²) in [7, 11) is 1.69. The van der Waals surface area contributed by atoms with Gasteiger partial charge in [-0.15, -0.1) is 10.2 Å². The van der Waals surface area contributed by atoms with Crippen LogP contribution < -0.4 is 10.9 Å². The second-order valence-corrected chi connectivity index (χ2v) is 5.88. The Labute approximate surface area is 138 Å². The van der Waals surface area contributed by atoms with E-state index in [-0.39, 0.29) is 11.4 Å². The van der Waals surface area contributed by atoms with Crippen LogP contribution in [0.1, 0.15) is 24.5 Å². The molecule has 0 saturated carbocycles. The Balaban J connectivity index is 1.52. The lowest BCUT2D eigenvalue weighted by Crippen LogP contribution is -2.20. The molecule has 0 aromatic carbocycles. The van der Waals surface area contributed by atoms with Crippen LogP contribution in [-0.2, 0) is 26.6 Å². The molecule has 9 nitrogen and oxygen atoms in total. The molecular formula is C15H18N8O. The van der Waals surface area contributed by atoms with Crippen molar-refractivity contribution in [3.05, 3.63) is 46.8 Å². The summed E-state index contributed by atoms with van der Waals surface area (Å²) in [5.41, 5.74) is 0.529. The summed E-state index contributed by atoms with van der Waals surface area (Å²) >= 11 is 0. The maximum Gasteiger partial charge on any atom is 0.293 e. The summed E-state index contributed by atoms with van der Waals surface area (Å²) in [6.45, 7) is 1.52. The number of aromatic nitrogens is 7. The highest BCUT2D eigenvalue weighted by molar-refractivity contribution is 5.52. The van der Waals surface area contributed by atoms with Crippen molar-refractivity contribution in [1.82, 2.24) is 34.1 Å². The van der Waals surface area contributed by atoms with E-state index in [0.717, 1.165) is 31.0 Å². The first-order chi connectivity index (χ1) is 11.7. The number of hydrogen-bond acceptors (Lipinski definition) is 6. The Bertz CT molecular complexity index is 922. The van der Waals surface area contributed by atoms with Crippen LogP contribution in [0, 0.1) is 0 Å². The summed E-state index contributed by atoms with van der Waals surface area (Å²) in [5.74, 6) is 2.24. The molecule has 1 aliphatic rings. The van der Waals surface area contributed by atoms with Gasteiger partial charge in [-0.25, -0.2) is 4.98 Å². The Hall–Kier alpha value is -2.97. The molecule has 3 aromatic heterocycles. The average molecular weight is 326 g/mol. The Kier molecular flexibility index (Phi) is 3.60. The number of anilines is 2. The van der Waals surface area contributed by atoms with Gasteiger partial charge in [-0.1, -0.05) is 0 Å². The van der Waals surface area contributed by atoms with E-state index in [1.165, 1.54) is 11.0 Å². The quantitative estimate of drug-likeness (QED) is 0.758. The van der Waals surface area contributed by atoms with Crippen molar-refractivity contribution in [3.63, 3.8) is 0 Å². The van der Waals surface area contributed by atoms with Gasteiger partial charge in [0.1, 0.15) is 12.4 Å². The van der Waals surface area contributed by atoms with Gasteiger partial charge in [0.2, 0.25) is 0 Å². The second kappa shape index (κ2) is 5.91. The minimum Gasteiger partial charge on any atom is -0.333 e. The van der Waals surface area contributed by atoms with Crippen molar-refractivity contribution in [2.75, 3.05) is 5.32 Å². The van der Waals surface area contributed by atoms with Gasteiger partial charge in [0.25, 0.3) is 5.56 Å². The molecule has 0 radical (unpaired) electrons. The molecule has 124 valence electrons. The lowest BCUT2D eigenvalue weighted by molar-refractivity contribution is 0.496. The normalized spacial score (nSPS) is 13.7.